The molecule has 2 N–H and O–H groups in total. The number of benzene rings is 2. The number of nitrogens with two attached hydrogens (primary N) is 1. The number of rotatable bonds is 5. The molecule has 6 heteroatoms. The van der Waals surface area contributed by atoms with E-state index in [9.17, 15) is 8.42 Å². The van der Waals surface area contributed by atoms with Crippen molar-refractivity contribution in [3.05, 3.63) is 84.0 Å². The molecule has 1 atom stereocenters. The Labute approximate surface area is 165 Å². The molecular formula is C22H22N2O3S. The molecule has 0 saturated heterocycles. The van der Waals surface area contributed by atoms with Crippen LogP contribution in [0.4, 0.5) is 0 Å². The smallest absolute Gasteiger partial charge is 0.238 e. The van der Waals surface area contributed by atoms with E-state index in [2.05, 4.69) is 12.2 Å². The molecule has 144 valence electrons. The first kappa shape index (κ1) is 18.7. The number of hydrogen-bond acceptors (Lipinski definition) is 4. The third-order valence-corrected chi connectivity index (χ3v) is 5.90. The minimum atomic E-state index is -3.88. The molecule has 1 aliphatic carbocycles. The Kier molecular flexibility index (Phi) is 5.15. The van der Waals surface area contributed by atoms with E-state index in [1.165, 1.54) is 6.07 Å². The van der Waals surface area contributed by atoms with Gasteiger partial charge in [0.1, 0.15) is 11.5 Å². The molecule has 1 aliphatic rings. The summed E-state index contributed by atoms with van der Waals surface area (Å²) < 4.78 is 30.4. The number of aromatic nitrogens is 1. The summed E-state index contributed by atoms with van der Waals surface area (Å²) in [5.41, 5.74) is 2.13. The summed E-state index contributed by atoms with van der Waals surface area (Å²) in [6, 6.07) is 16.6. The van der Waals surface area contributed by atoms with Gasteiger partial charge in [0, 0.05) is 17.9 Å². The van der Waals surface area contributed by atoms with Crippen molar-refractivity contribution < 1.29 is 12.8 Å². The van der Waals surface area contributed by atoms with Gasteiger partial charge in [0.2, 0.25) is 10.0 Å². The maximum absolute atomic E-state index is 12.1. The molecule has 2 aromatic carbocycles. The van der Waals surface area contributed by atoms with Gasteiger partial charge in [0.25, 0.3) is 0 Å². The first-order valence-corrected chi connectivity index (χ1v) is 10.9. The van der Waals surface area contributed by atoms with Gasteiger partial charge in [-0.1, -0.05) is 60.7 Å². The number of primary sulfonamides is 1. The molecule has 0 aliphatic heterocycles. The van der Waals surface area contributed by atoms with Crippen molar-refractivity contribution in [3.8, 4) is 11.3 Å². The molecule has 0 spiro atoms. The molecule has 1 heterocycles. The Morgan fingerprint density at radius 1 is 1.07 bits per heavy atom. The fourth-order valence-corrected chi connectivity index (χ4v) is 4.35. The average molecular weight is 394 g/mol. The van der Waals surface area contributed by atoms with E-state index in [1.807, 2.05) is 30.3 Å². The van der Waals surface area contributed by atoms with Gasteiger partial charge in [-0.2, -0.15) is 0 Å². The molecule has 0 fully saturated rings. The van der Waals surface area contributed by atoms with Crippen molar-refractivity contribution in [2.75, 3.05) is 0 Å². The lowest BCUT2D eigenvalue weighted by Gasteiger charge is -2.15. The molecule has 1 unspecified atom stereocenters. The SMILES string of the molecule is NS(=O)(=O)c1ccccc1-c1nc(Cc2ccccc2)oc1C1C=CCCC1. The van der Waals surface area contributed by atoms with Crippen molar-refractivity contribution in [3.63, 3.8) is 0 Å². The largest absolute Gasteiger partial charge is 0.444 e. The second kappa shape index (κ2) is 7.73. The van der Waals surface area contributed by atoms with E-state index >= 15 is 0 Å². The zero-order valence-electron chi connectivity index (χ0n) is 15.4. The van der Waals surface area contributed by atoms with Crippen LogP contribution in [-0.2, 0) is 16.4 Å². The number of oxazole rings is 1. The summed E-state index contributed by atoms with van der Waals surface area (Å²) in [6.07, 6.45) is 7.86. The van der Waals surface area contributed by atoms with Crippen molar-refractivity contribution >= 4 is 10.0 Å². The van der Waals surface area contributed by atoms with E-state index in [0.29, 0.717) is 29.3 Å². The van der Waals surface area contributed by atoms with Crippen LogP contribution in [0.2, 0.25) is 0 Å². The summed E-state index contributed by atoms with van der Waals surface area (Å²) >= 11 is 0. The van der Waals surface area contributed by atoms with Crippen LogP contribution in [0, 0.1) is 0 Å². The van der Waals surface area contributed by atoms with Crippen LogP contribution in [0.25, 0.3) is 11.3 Å². The van der Waals surface area contributed by atoms with Gasteiger partial charge in [-0.05, 0) is 30.9 Å². The topological polar surface area (TPSA) is 86.2 Å². The Morgan fingerprint density at radius 3 is 2.54 bits per heavy atom. The summed E-state index contributed by atoms with van der Waals surface area (Å²) in [6.45, 7) is 0. The molecule has 0 bridgehead atoms. The zero-order valence-corrected chi connectivity index (χ0v) is 16.2. The highest BCUT2D eigenvalue weighted by Gasteiger charge is 2.26. The average Bonchev–Trinajstić information content (AvgIpc) is 3.12. The fraction of sp³-hybridized carbons (Fsp3) is 0.227. The summed E-state index contributed by atoms with van der Waals surface area (Å²) in [4.78, 5) is 4.77. The number of allylic oxidation sites excluding steroid dienone is 2. The van der Waals surface area contributed by atoms with Crippen molar-refractivity contribution in [2.45, 2.75) is 36.5 Å². The highest BCUT2D eigenvalue weighted by atomic mass is 32.2. The van der Waals surface area contributed by atoms with E-state index < -0.39 is 10.0 Å². The molecule has 5 nitrogen and oxygen atoms in total. The minimum absolute atomic E-state index is 0.0654. The third-order valence-electron chi connectivity index (χ3n) is 4.94. The van der Waals surface area contributed by atoms with E-state index in [4.69, 9.17) is 14.5 Å². The second-order valence-electron chi connectivity index (χ2n) is 6.99. The number of sulfonamides is 1. The number of hydrogen-bond donors (Lipinski definition) is 1. The third kappa shape index (κ3) is 3.93. The van der Waals surface area contributed by atoms with E-state index in [1.54, 1.807) is 18.2 Å². The molecule has 0 saturated carbocycles. The maximum atomic E-state index is 12.1. The summed E-state index contributed by atoms with van der Waals surface area (Å²) in [5, 5.41) is 5.45. The lowest BCUT2D eigenvalue weighted by atomic mass is 9.91. The van der Waals surface area contributed by atoms with Crippen LogP contribution in [0.1, 0.15) is 42.4 Å². The Bertz CT molecular complexity index is 1100. The first-order valence-electron chi connectivity index (χ1n) is 9.35. The first-order chi connectivity index (χ1) is 13.5. The van der Waals surface area contributed by atoms with Gasteiger partial charge in [-0.25, -0.2) is 18.5 Å². The molecule has 4 rings (SSSR count). The van der Waals surface area contributed by atoms with Crippen LogP contribution >= 0.6 is 0 Å². The predicted octanol–water partition coefficient (Wildman–Crippen LogP) is 4.40. The standard InChI is InChI=1S/C22H22N2O3S/c23-28(25,26)19-14-8-7-13-18(19)21-22(17-11-5-2-6-12-17)27-20(24-21)15-16-9-3-1-4-10-16/h1,3-5,7-11,13-14,17H,2,6,12,15H2,(H2,23,25,26). The molecule has 3 aromatic rings. The van der Waals surface area contributed by atoms with Crippen LogP contribution in [0.3, 0.4) is 0 Å². The molecule has 0 radical (unpaired) electrons. The summed E-state index contributed by atoms with van der Waals surface area (Å²) in [5.74, 6) is 1.35. The van der Waals surface area contributed by atoms with Crippen molar-refractivity contribution in [1.82, 2.24) is 4.98 Å². The van der Waals surface area contributed by atoms with Crippen LogP contribution < -0.4 is 5.14 Å². The monoisotopic (exact) mass is 394 g/mol. The maximum Gasteiger partial charge on any atom is 0.238 e. The normalized spacial score (nSPS) is 17.0. The van der Waals surface area contributed by atoms with Crippen molar-refractivity contribution in [1.29, 1.82) is 0 Å². The Hall–Kier alpha value is -2.70. The minimum Gasteiger partial charge on any atom is -0.444 e. The van der Waals surface area contributed by atoms with Gasteiger partial charge in [-0.15, -0.1) is 0 Å². The quantitative estimate of drug-likeness (QED) is 0.650. The summed E-state index contributed by atoms with van der Waals surface area (Å²) in [7, 11) is -3.88. The molecule has 0 amide bonds. The zero-order chi connectivity index (χ0) is 19.6. The highest BCUT2D eigenvalue weighted by molar-refractivity contribution is 7.89. The van der Waals surface area contributed by atoms with E-state index in [-0.39, 0.29) is 10.8 Å². The lowest BCUT2D eigenvalue weighted by Crippen LogP contribution is -2.13. The van der Waals surface area contributed by atoms with Crippen molar-refractivity contribution in [2.24, 2.45) is 5.14 Å². The molecular weight excluding hydrogens is 372 g/mol. The Balaban J connectivity index is 1.84. The highest BCUT2D eigenvalue weighted by Crippen LogP contribution is 2.38. The Morgan fingerprint density at radius 2 is 1.82 bits per heavy atom. The van der Waals surface area contributed by atoms with E-state index in [0.717, 1.165) is 24.8 Å². The second-order valence-corrected chi connectivity index (χ2v) is 8.52. The fourth-order valence-electron chi connectivity index (χ4n) is 3.61. The van der Waals surface area contributed by atoms with Crippen LogP contribution in [0.5, 0.6) is 0 Å². The van der Waals surface area contributed by atoms with Gasteiger partial charge in [0.05, 0.1) is 4.90 Å². The molecule has 28 heavy (non-hydrogen) atoms. The van der Waals surface area contributed by atoms with Gasteiger partial charge in [-0.3, -0.25) is 0 Å². The van der Waals surface area contributed by atoms with Crippen LogP contribution in [-0.4, -0.2) is 13.4 Å². The molecule has 1 aromatic heterocycles. The van der Waals surface area contributed by atoms with Gasteiger partial charge < -0.3 is 4.42 Å². The number of nitrogens with zero attached hydrogens (tertiary/aromatic N) is 1. The predicted molar refractivity (Wildman–Crippen MR) is 108 cm³/mol. The van der Waals surface area contributed by atoms with Gasteiger partial charge in [0.15, 0.2) is 5.89 Å². The lowest BCUT2D eigenvalue weighted by molar-refractivity contribution is 0.435. The van der Waals surface area contributed by atoms with Gasteiger partial charge >= 0.3 is 0 Å². The van der Waals surface area contributed by atoms with Crippen LogP contribution in [0.15, 0.2) is 76.1 Å².